The van der Waals surface area contributed by atoms with Crippen LogP contribution >= 0.6 is 35.0 Å². The summed E-state index contributed by atoms with van der Waals surface area (Å²) < 4.78 is 78.1. The minimum atomic E-state index is -5.01. The molecule has 3 nitrogen and oxygen atoms in total. The lowest BCUT2D eigenvalue weighted by atomic mass is 10.1. The van der Waals surface area contributed by atoms with E-state index in [9.17, 15) is 31.1 Å². The first-order chi connectivity index (χ1) is 13.9. The van der Waals surface area contributed by atoms with Crippen molar-refractivity contribution in [2.45, 2.75) is 17.7 Å². The summed E-state index contributed by atoms with van der Waals surface area (Å²) in [7, 11) is 0. The Kier molecular flexibility index (Phi) is 6.41. The molecule has 2 amide bonds. The van der Waals surface area contributed by atoms with E-state index < -0.39 is 40.6 Å². The molecule has 1 unspecified atom stereocenters. The van der Waals surface area contributed by atoms with Crippen molar-refractivity contribution in [3.63, 3.8) is 0 Å². The van der Waals surface area contributed by atoms with Crippen LogP contribution in [0.4, 0.5) is 36.8 Å². The zero-order valence-electron chi connectivity index (χ0n) is 14.7. The highest BCUT2D eigenvalue weighted by atomic mass is 35.5. The maximum atomic E-state index is 13.0. The number of carbonyl (C=O) groups is 1. The van der Waals surface area contributed by atoms with Gasteiger partial charge in [0.05, 0.1) is 11.1 Å². The van der Waals surface area contributed by atoms with E-state index in [1.54, 1.807) is 12.1 Å². The number of hydrogen-bond donors (Lipinski definition) is 1. The molecule has 1 N–H and O–H groups in total. The van der Waals surface area contributed by atoms with E-state index in [-0.39, 0.29) is 17.6 Å². The van der Waals surface area contributed by atoms with E-state index in [1.165, 1.54) is 22.7 Å². The number of nitrogens with zero attached hydrogens (tertiary/aromatic N) is 1. The molecule has 30 heavy (non-hydrogen) atoms. The van der Waals surface area contributed by atoms with Crippen LogP contribution in [0.5, 0.6) is 0 Å². The molecule has 0 aromatic heterocycles. The molecular weight excluding hydrogens is 477 g/mol. The van der Waals surface area contributed by atoms with Crippen LogP contribution in [-0.4, -0.2) is 23.2 Å². The normalized spacial score (nSPS) is 17.3. The van der Waals surface area contributed by atoms with Gasteiger partial charge in [0.15, 0.2) is 0 Å². The Hall–Kier alpha value is -1.78. The predicted octanol–water partition coefficient (Wildman–Crippen LogP) is 7.31. The van der Waals surface area contributed by atoms with E-state index in [2.05, 4.69) is 5.32 Å². The fourth-order valence-electron chi connectivity index (χ4n) is 2.86. The van der Waals surface area contributed by atoms with Gasteiger partial charge in [0.2, 0.25) is 0 Å². The van der Waals surface area contributed by atoms with Crippen molar-refractivity contribution < 1.29 is 31.1 Å². The van der Waals surface area contributed by atoms with E-state index >= 15 is 0 Å². The second kappa shape index (κ2) is 8.39. The summed E-state index contributed by atoms with van der Waals surface area (Å²) in [5.74, 6) is 0.507. The summed E-state index contributed by atoms with van der Waals surface area (Å²) in [6, 6.07) is 4.73. The third-order valence-corrected chi connectivity index (χ3v) is 6.02. The van der Waals surface area contributed by atoms with Gasteiger partial charge in [-0.3, -0.25) is 0 Å². The molecule has 1 fully saturated rings. The molecule has 1 aliphatic rings. The fourth-order valence-corrected chi connectivity index (χ4v) is 4.73. The number of anilines is 1. The van der Waals surface area contributed by atoms with Crippen LogP contribution in [0.25, 0.3) is 0 Å². The fraction of sp³-hybridized carbons (Fsp3) is 0.278. The molecule has 1 saturated heterocycles. The van der Waals surface area contributed by atoms with E-state index in [0.717, 1.165) is 0 Å². The number of nitrogens with one attached hydrogen (secondary N) is 1. The molecular formula is C18H12Cl2F6N2OS. The lowest BCUT2D eigenvalue weighted by Gasteiger charge is -2.25. The Labute approximate surface area is 181 Å². The number of benzene rings is 2. The quantitative estimate of drug-likeness (QED) is 0.449. The van der Waals surface area contributed by atoms with Gasteiger partial charge in [0.1, 0.15) is 5.37 Å². The number of thioether (sulfide) groups is 1. The third kappa shape index (κ3) is 5.09. The second-order valence-electron chi connectivity index (χ2n) is 6.31. The SMILES string of the molecule is O=C(Nc1cc(C(F)(F)F)cc(C(F)(F)F)c1)N1CCSC1c1ccc(Cl)cc1Cl. The summed E-state index contributed by atoms with van der Waals surface area (Å²) in [4.78, 5) is 14.0. The van der Waals surface area contributed by atoms with Crippen molar-refractivity contribution in [2.24, 2.45) is 0 Å². The van der Waals surface area contributed by atoms with Gasteiger partial charge in [-0.15, -0.1) is 11.8 Å². The van der Waals surface area contributed by atoms with Crippen molar-refractivity contribution in [3.8, 4) is 0 Å². The maximum absolute atomic E-state index is 13.0. The smallest absolute Gasteiger partial charge is 0.308 e. The number of rotatable bonds is 2. The first kappa shape index (κ1) is 22.9. The van der Waals surface area contributed by atoms with Gasteiger partial charge in [-0.2, -0.15) is 26.3 Å². The molecule has 1 heterocycles. The molecule has 0 bridgehead atoms. The Morgan fingerprint density at radius 2 is 1.60 bits per heavy atom. The van der Waals surface area contributed by atoms with Crippen LogP contribution in [0.1, 0.15) is 22.1 Å². The number of hydrogen-bond acceptors (Lipinski definition) is 2. The van der Waals surface area contributed by atoms with Crippen LogP contribution in [0.2, 0.25) is 10.0 Å². The third-order valence-electron chi connectivity index (χ3n) is 4.22. The highest BCUT2D eigenvalue weighted by molar-refractivity contribution is 7.99. The molecule has 1 aliphatic heterocycles. The van der Waals surface area contributed by atoms with Gasteiger partial charge >= 0.3 is 18.4 Å². The Morgan fingerprint density at radius 3 is 2.13 bits per heavy atom. The van der Waals surface area contributed by atoms with Crippen LogP contribution in [0.3, 0.4) is 0 Å². The summed E-state index contributed by atoms with van der Waals surface area (Å²) >= 11 is 13.4. The highest BCUT2D eigenvalue weighted by Gasteiger charge is 2.38. The number of carbonyl (C=O) groups excluding carboxylic acids is 1. The van der Waals surface area contributed by atoms with Gasteiger partial charge in [-0.25, -0.2) is 4.79 Å². The number of halogens is 8. The Bertz CT molecular complexity index is 934. The van der Waals surface area contributed by atoms with E-state index in [0.29, 0.717) is 28.5 Å². The van der Waals surface area contributed by atoms with Gasteiger partial charge in [-0.1, -0.05) is 29.3 Å². The van der Waals surface area contributed by atoms with Crippen LogP contribution < -0.4 is 5.32 Å². The van der Waals surface area contributed by atoms with Crippen molar-refractivity contribution in [2.75, 3.05) is 17.6 Å². The standard InChI is InChI=1S/C18H12Cl2F6N2OS/c19-11-1-2-13(14(20)8-11)15-28(3-4-30-15)16(29)27-12-6-9(17(21,22)23)5-10(7-12)18(24,25)26/h1-2,5-8,15H,3-4H2,(H,27,29). The second-order valence-corrected chi connectivity index (χ2v) is 8.34. The van der Waals surface area contributed by atoms with Crippen LogP contribution in [0.15, 0.2) is 36.4 Å². The summed E-state index contributed by atoms with van der Waals surface area (Å²) in [6.07, 6.45) is -10.0. The molecule has 2 aromatic rings. The van der Waals surface area contributed by atoms with E-state index in [4.69, 9.17) is 23.2 Å². The minimum Gasteiger partial charge on any atom is -0.308 e. The van der Waals surface area contributed by atoms with Crippen molar-refractivity contribution in [3.05, 3.63) is 63.1 Å². The topological polar surface area (TPSA) is 32.3 Å². The zero-order chi connectivity index (χ0) is 22.3. The van der Waals surface area contributed by atoms with Crippen molar-refractivity contribution >= 4 is 46.7 Å². The molecule has 12 heteroatoms. The minimum absolute atomic E-state index is 0.00233. The molecule has 0 saturated carbocycles. The molecule has 0 radical (unpaired) electrons. The monoisotopic (exact) mass is 488 g/mol. The van der Waals surface area contributed by atoms with Crippen molar-refractivity contribution in [1.29, 1.82) is 0 Å². The molecule has 2 aromatic carbocycles. The highest BCUT2D eigenvalue weighted by Crippen LogP contribution is 2.42. The van der Waals surface area contributed by atoms with Crippen LogP contribution in [0, 0.1) is 0 Å². The number of alkyl halides is 6. The van der Waals surface area contributed by atoms with Gasteiger partial charge in [0, 0.05) is 33.6 Å². The predicted molar refractivity (Wildman–Crippen MR) is 104 cm³/mol. The lowest BCUT2D eigenvalue weighted by molar-refractivity contribution is -0.143. The Balaban J connectivity index is 1.89. The zero-order valence-corrected chi connectivity index (χ0v) is 17.1. The average Bonchev–Trinajstić information content (AvgIpc) is 3.09. The van der Waals surface area contributed by atoms with Crippen LogP contribution in [-0.2, 0) is 12.4 Å². The maximum Gasteiger partial charge on any atom is 0.416 e. The first-order valence-corrected chi connectivity index (χ1v) is 10.1. The average molecular weight is 489 g/mol. The lowest BCUT2D eigenvalue weighted by Crippen LogP contribution is -2.34. The number of amides is 2. The van der Waals surface area contributed by atoms with Crippen molar-refractivity contribution in [1.82, 2.24) is 4.90 Å². The molecule has 3 rings (SSSR count). The first-order valence-electron chi connectivity index (χ1n) is 8.30. The molecule has 162 valence electrons. The molecule has 0 aliphatic carbocycles. The van der Waals surface area contributed by atoms with Gasteiger partial charge < -0.3 is 10.2 Å². The number of urea groups is 1. The molecule has 1 atom stereocenters. The van der Waals surface area contributed by atoms with Gasteiger partial charge in [-0.05, 0) is 30.3 Å². The largest absolute Gasteiger partial charge is 0.416 e. The molecule has 0 spiro atoms. The summed E-state index contributed by atoms with van der Waals surface area (Å²) in [5, 5.41) is 2.25. The Morgan fingerprint density at radius 1 is 1.00 bits per heavy atom. The summed E-state index contributed by atoms with van der Waals surface area (Å²) in [6.45, 7) is 0.227. The van der Waals surface area contributed by atoms with E-state index in [1.807, 2.05) is 0 Å². The summed E-state index contributed by atoms with van der Waals surface area (Å²) in [5.41, 5.74) is -3.08. The van der Waals surface area contributed by atoms with Gasteiger partial charge in [0.25, 0.3) is 0 Å².